The van der Waals surface area contributed by atoms with Crippen molar-refractivity contribution in [3.63, 3.8) is 0 Å². The van der Waals surface area contributed by atoms with Crippen LogP contribution in [0.15, 0.2) is 42.5 Å². The van der Waals surface area contributed by atoms with Crippen LogP contribution >= 0.6 is 11.8 Å². The number of carbonyl (C=O) groups excluding carboxylic acids is 2. The molecule has 1 heterocycles. The van der Waals surface area contributed by atoms with Gasteiger partial charge < -0.3 is 15.1 Å². The molecule has 0 aromatic heterocycles. The maximum Gasteiger partial charge on any atom is 0.253 e. The van der Waals surface area contributed by atoms with Gasteiger partial charge in [-0.3, -0.25) is 9.59 Å². The Kier molecular flexibility index (Phi) is 7.09. The Morgan fingerprint density at radius 1 is 1.10 bits per heavy atom. The first-order valence-electron chi connectivity index (χ1n) is 9.45. The van der Waals surface area contributed by atoms with Gasteiger partial charge in [-0.05, 0) is 37.3 Å². The van der Waals surface area contributed by atoms with Gasteiger partial charge in [0, 0.05) is 54.1 Å². The predicted molar refractivity (Wildman–Crippen MR) is 113 cm³/mol. The number of halogens is 2. The Bertz CT molecular complexity index is 888. The number of benzene rings is 2. The second-order valence-electron chi connectivity index (χ2n) is 6.65. The Labute approximate surface area is 173 Å². The van der Waals surface area contributed by atoms with Crippen molar-refractivity contribution in [3.8, 4) is 0 Å². The van der Waals surface area contributed by atoms with Gasteiger partial charge >= 0.3 is 0 Å². The molecule has 8 heteroatoms. The number of thioether (sulfide) groups is 1. The lowest BCUT2D eigenvalue weighted by Crippen LogP contribution is -2.38. The highest BCUT2D eigenvalue weighted by Gasteiger charge is 2.19. The molecule has 0 aliphatic carbocycles. The lowest BCUT2D eigenvalue weighted by Gasteiger charge is -2.26. The molecule has 0 bridgehead atoms. The van der Waals surface area contributed by atoms with E-state index in [9.17, 15) is 18.4 Å². The number of nitrogens with zero attached hydrogens (tertiary/aromatic N) is 2. The molecule has 0 unspecified atom stereocenters. The van der Waals surface area contributed by atoms with Crippen molar-refractivity contribution in [2.45, 2.75) is 6.92 Å². The summed E-state index contributed by atoms with van der Waals surface area (Å²) in [5.41, 5.74) is 1.48. The number of hydrogen-bond donors (Lipinski definition) is 1. The van der Waals surface area contributed by atoms with Crippen molar-refractivity contribution >= 4 is 35.0 Å². The summed E-state index contributed by atoms with van der Waals surface area (Å²) in [6, 6.07) is 10.4. The van der Waals surface area contributed by atoms with Gasteiger partial charge in [0.25, 0.3) is 5.91 Å². The highest BCUT2D eigenvalue weighted by molar-refractivity contribution is 7.99. The van der Waals surface area contributed by atoms with Gasteiger partial charge in [-0.2, -0.15) is 11.8 Å². The summed E-state index contributed by atoms with van der Waals surface area (Å²) in [4.78, 5) is 28.6. The summed E-state index contributed by atoms with van der Waals surface area (Å²) >= 11 is 1.83. The minimum Gasteiger partial charge on any atom is -0.362 e. The fourth-order valence-electron chi connectivity index (χ4n) is 3.12. The molecule has 0 spiro atoms. The number of anilines is 2. The van der Waals surface area contributed by atoms with Crippen LogP contribution in [0.25, 0.3) is 0 Å². The fraction of sp³-hybridized carbons (Fsp3) is 0.333. The smallest absolute Gasteiger partial charge is 0.253 e. The molecule has 2 aromatic rings. The van der Waals surface area contributed by atoms with Gasteiger partial charge in [0.2, 0.25) is 5.91 Å². The molecule has 0 radical (unpaired) electrons. The van der Waals surface area contributed by atoms with Gasteiger partial charge in [0.15, 0.2) is 11.6 Å². The van der Waals surface area contributed by atoms with Crippen LogP contribution in [0.2, 0.25) is 0 Å². The summed E-state index contributed by atoms with van der Waals surface area (Å²) in [5, 5.41) is 2.78. The molecule has 1 fully saturated rings. The zero-order valence-electron chi connectivity index (χ0n) is 16.2. The average molecular weight is 419 g/mol. The Balaban J connectivity index is 1.65. The van der Waals surface area contributed by atoms with Gasteiger partial charge in [0.05, 0.1) is 6.54 Å². The third kappa shape index (κ3) is 5.47. The summed E-state index contributed by atoms with van der Waals surface area (Å²) in [5.74, 6) is -0.376. The van der Waals surface area contributed by atoms with Crippen molar-refractivity contribution in [1.82, 2.24) is 4.90 Å². The van der Waals surface area contributed by atoms with E-state index >= 15 is 0 Å². The maximum absolute atomic E-state index is 13.5. The standard InChI is InChI=1S/C21H23F2N3O2S/c1-2-25(17-6-7-18(22)19(23)13-17)14-20(27)24-16-5-3-4-15(12-16)21(28)26-8-10-29-11-9-26/h3-7,12-13H,2,8-11,14H2,1H3,(H,24,27). The van der Waals surface area contributed by atoms with Crippen LogP contribution in [0.3, 0.4) is 0 Å². The van der Waals surface area contributed by atoms with E-state index in [1.165, 1.54) is 6.07 Å². The Hall–Kier alpha value is -2.61. The summed E-state index contributed by atoms with van der Waals surface area (Å²) < 4.78 is 26.6. The van der Waals surface area contributed by atoms with E-state index in [4.69, 9.17) is 0 Å². The zero-order valence-corrected chi connectivity index (χ0v) is 17.0. The van der Waals surface area contributed by atoms with Crippen molar-refractivity contribution in [1.29, 1.82) is 0 Å². The molecule has 1 N–H and O–H groups in total. The second-order valence-corrected chi connectivity index (χ2v) is 7.87. The lowest BCUT2D eigenvalue weighted by molar-refractivity contribution is -0.115. The average Bonchev–Trinajstić information content (AvgIpc) is 2.74. The molecule has 0 atom stereocenters. The summed E-state index contributed by atoms with van der Waals surface area (Å²) in [6.07, 6.45) is 0. The molecule has 0 saturated carbocycles. The van der Waals surface area contributed by atoms with Crippen molar-refractivity contribution < 1.29 is 18.4 Å². The molecule has 1 aliphatic heterocycles. The molecule has 5 nitrogen and oxygen atoms in total. The number of rotatable bonds is 6. The maximum atomic E-state index is 13.5. The van der Waals surface area contributed by atoms with E-state index in [2.05, 4.69) is 5.32 Å². The SMILES string of the molecule is CCN(CC(=O)Nc1cccc(C(=O)N2CCSCC2)c1)c1ccc(F)c(F)c1. The van der Waals surface area contributed by atoms with Crippen molar-refractivity contribution in [2.75, 3.05) is 47.9 Å². The minimum absolute atomic E-state index is 0.0247. The van der Waals surface area contributed by atoms with Gasteiger partial charge in [-0.15, -0.1) is 0 Å². The van der Waals surface area contributed by atoms with Crippen LogP contribution < -0.4 is 10.2 Å². The molecular formula is C21H23F2N3O2S. The largest absolute Gasteiger partial charge is 0.362 e. The van der Waals surface area contributed by atoms with E-state index in [-0.39, 0.29) is 18.4 Å². The molecule has 1 saturated heterocycles. The first-order chi connectivity index (χ1) is 14.0. The van der Waals surface area contributed by atoms with Crippen LogP contribution in [-0.4, -0.2) is 54.4 Å². The van der Waals surface area contributed by atoms with E-state index in [0.717, 1.165) is 36.7 Å². The molecule has 3 rings (SSSR count). The number of hydrogen-bond acceptors (Lipinski definition) is 4. The van der Waals surface area contributed by atoms with Crippen LogP contribution in [0.5, 0.6) is 0 Å². The fourth-order valence-corrected chi connectivity index (χ4v) is 4.02. The van der Waals surface area contributed by atoms with Crippen molar-refractivity contribution in [2.24, 2.45) is 0 Å². The van der Waals surface area contributed by atoms with E-state index in [1.54, 1.807) is 29.2 Å². The lowest BCUT2D eigenvalue weighted by atomic mass is 10.1. The molecule has 2 amide bonds. The minimum atomic E-state index is -0.955. The van der Waals surface area contributed by atoms with Crippen molar-refractivity contribution in [3.05, 3.63) is 59.7 Å². The monoisotopic (exact) mass is 419 g/mol. The summed E-state index contributed by atoms with van der Waals surface area (Å²) in [7, 11) is 0. The van der Waals surface area contributed by atoms with Crippen LogP contribution in [0, 0.1) is 11.6 Å². The number of nitrogens with one attached hydrogen (secondary N) is 1. The van der Waals surface area contributed by atoms with Gasteiger partial charge in [-0.25, -0.2) is 8.78 Å². The number of likely N-dealkylation sites (N-methyl/N-ethyl adjacent to an activating group) is 1. The Morgan fingerprint density at radius 3 is 2.55 bits per heavy atom. The first kappa shape index (κ1) is 21.1. The zero-order chi connectivity index (χ0) is 20.8. The first-order valence-corrected chi connectivity index (χ1v) is 10.6. The van der Waals surface area contributed by atoms with Crippen LogP contribution in [0.4, 0.5) is 20.2 Å². The third-order valence-electron chi connectivity index (χ3n) is 4.68. The van der Waals surface area contributed by atoms with E-state index in [0.29, 0.717) is 23.5 Å². The van der Waals surface area contributed by atoms with Crippen LogP contribution in [0.1, 0.15) is 17.3 Å². The Morgan fingerprint density at radius 2 is 1.86 bits per heavy atom. The second kappa shape index (κ2) is 9.73. The highest BCUT2D eigenvalue weighted by atomic mass is 32.2. The summed E-state index contributed by atoms with van der Waals surface area (Å²) in [6.45, 7) is 3.69. The number of amides is 2. The predicted octanol–water partition coefficient (Wildman–Crippen LogP) is 3.62. The number of carbonyl (C=O) groups is 2. The van der Waals surface area contributed by atoms with E-state index < -0.39 is 11.6 Å². The normalized spacial score (nSPS) is 13.8. The third-order valence-corrected chi connectivity index (χ3v) is 5.62. The molecule has 1 aliphatic rings. The topological polar surface area (TPSA) is 52.7 Å². The van der Waals surface area contributed by atoms with E-state index in [1.807, 2.05) is 23.6 Å². The molecule has 154 valence electrons. The van der Waals surface area contributed by atoms with Crippen LogP contribution in [-0.2, 0) is 4.79 Å². The molecule has 2 aromatic carbocycles. The van der Waals surface area contributed by atoms with Gasteiger partial charge in [0.1, 0.15) is 0 Å². The molecular weight excluding hydrogens is 396 g/mol. The molecule has 29 heavy (non-hydrogen) atoms. The van der Waals surface area contributed by atoms with Gasteiger partial charge in [-0.1, -0.05) is 6.07 Å². The quantitative estimate of drug-likeness (QED) is 0.777. The highest BCUT2D eigenvalue weighted by Crippen LogP contribution is 2.19.